The van der Waals surface area contributed by atoms with Crippen molar-refractivity contribution in [2.75, 3.05) is 30.6 Å². The molecule has 0 heterocycles. The topological polar surface area (TPSA) is 46.2 Å². The molecule has 0 aliphatic rings. The van der Waals surface area contributed by atoms with Gasteiger partial charge in [0, 0.05) is 23.8 Å². The van der Waals surface area contributed by atoms with Crippen LogP contribution < -0.4 is 5.32 Å². The van der Waals surface area contributed by atoms with Crippen LogP contribution in [0.1, 0.15) is 19.8 Å². The largest absolute Gasteiger partial charge is 0.316 e. The molecule has 0 saturated carbocycles. The van der Waals surface area contributed by atoms with Gasteiger partial charge >= 0.3 is 0 Å². The molecule has 0 aromatic rings. The summed E-state index contributed by atoms with van der Waals surface area (Å²) in [5.74, 6) is 2.00. The Bertz CT molecular complexity index is 227. The molecular weight excluding hydrogens is 218 g/mol. The van der Waals surface area contributed by atoms with E-state index in [1.54, 1.807) is 11.8 Å². The Balaban J connectivity index is 3.52. The smallest absolute Gasteiger partial charge is 0.148 e. The summed E-state index contributed by atoms with van der Waals surface area (Å²) < 4.78 is 21.7. The maximum Gasteiger partial charge on any atom is 0.148 e. The summed E-state index contributed by atoms with van der Waals surface area (Å²) in [6.45, 7) is 2.16. The molecule has 0 amide bonds. The van der Waals surface area contributed by atoms with Crippen molar-refractivity contribution in [2.45, 2.75) is 25.8 Å². The standard InChI is InChI=1S/C9H21NO2S2/c1-4-5-9(10-2)8-13-6-7-14(3,11)12/h9-10H,4-8H2,1-3H3. The van der Waals surface area contributed by atoms with Crippen molar-refractivity contribution in [2.24, 2.45) is 0 Å². The van der Waals surface area contributed by atoms with E-state index in [9.17, 15) is 8.42 Å². The molecule has 86 valence electrons. The predicted molar refractivity (Wildman–Crippen MR) is 64.8 cm³/mol. The lowest BCUT2D eigenvalue weighted by Gasteiger charge is -2.14. The van der Waals surface area contributed by atoms with E-state index in [4.69, 9.17) is 0 Å². The Morgan fingerprint density at radius 2 is 2.07 bits per heavy atom. The van der Waals surface area contributed by atoms with Gasteiger partial charge in [0.2, 0.25) is 0 Å². The van der Waals surface area contributed by atoms with E-state index in [1.165, 1.54) is 6.26 Å². The number of thioether (sulfide) groups is 1. The zero-order chi connectivity index (χ0) is 11.0. The molecule has 1 unspecified atom stereocenters. The van der Waals surface area contributed by atoms with E-state index in [1.807, 2.05) is 7.05 Å². The molecule has 0 saturated heterocycles. The normalized spacial score (nSPS) is 14.2. The molecule has 14 heavy (non-hydrogen) atoms. The van der Waals surface area contributed by atoms with Gasteiger partial charge in [-0.05, 0) is 13.5 Å². The number of nitrogens with one attached hydrogen (secondary N) is 1. The summed E-state index contributed by atoms with van der Waals surface area (Å²) in [5, 5.41) is 3.23. The van der Waals surface area contributed by atoms with Gasteiger partial charge in [0.1, 0.15) is 9.84 Å². The summed E-state index contributed by atoms with van der Waals surface area (Å²) in [7, 11) is -0.827. The van der Waals surface area contributed by atoms with Gasteiger partial charge in [-0.3, -0.25) is 0 Å². The van der Waals surface area contributed by atoms with Gasteiger partial charge < -0.3 is 5.32 Å². The average Bonchev–Trinajstić information content (AvgIpc) is 2.08. The van der Waals surface area contributed by atoms with Crippen LogP contribution in [-0.2, 0) is 9.84 Å². The molecule has 0 fully saturated rings. The van der Waals surface area contributed by atoms with Gasteiger partial charge in [0.15, 0.2) is 0 Å². The summed E-state index contributed by atoms with van der Waals surface area (Å²) in [6, 6.07) is 0.518. The van der Waals surface area contributed by atoms with Crippen molar-refractivity contribution in [1.82, 2.24) is 5.32 Å². The van der Waals surface area contributed by atoms with Crippen LogP contribution in [0.3, 0.4) is 0 Å². The van der Waals surface area contributed by atoms with E-state index in [0.29, 0.717) is 17.5 Å². The van der Waals surface area contributed by atoms with Crippen LogP contribution in [-0.4, -0.2) is 45.0 Å². The Labute approximate surface area is 92.0 Å². The molecule has 0 aliphatic carbocycles. The minimum absolute atomic E-state index is 0.292. The Kier molecular flexibility index (Phi) is 7.68. The quantitative estimate of drug-likeness (QED) is 0.646. The first kappa shape index (κ1) is 14.3. The first-order chi connectivity index (χ1) is 6.49. The van der Waals surface area contributed by atoms with Crippen molar-refractivity contribution in [3.8, 4) is 0 Å². The number of hydrogen-bond acceptors (Lipinski definition) is 4. The molecular formula is C9H21NO2S2. The minimum atomic E-state index is -2.78. The van der Waals surface area contributed by atoms with Crippen LogP contribution in [0.4, 0.5) is 0 Å². The lowest BCUT2D eigenvalue weighted by molar-refractivity contribution is 0.564. The summed E-state index contributed by atoms with van der Waals surface area (Å²) in [6.07, 6.45) is 3.61. The van der Waals surface area contributed by atoms with E-state index >= 15 is 0 Å². The highest BCUT2D eigenvalue weighted by Crippen LogP contribution is 2.07. The second kappa shape index (κ2) is 7.54. The van der Waals surface area contributed by atoms with Gasteiger partial charge in [0.25, 0.3) is 0 Å². The number of sulfone groups is 1. The fourth-order valence-electron chi connectivity index (χ4n) is 1.10. The molecule has 3 nitrogen and oxygen atoms in total. The predicted octanol–water partition coefficient (Wildman–Crippen LogP) is 1.15. The highest BCUT2D eigenvalue weighted by Gasteiger charge is 2.06. The highest BCUT2D eigenvalue weighted by atomic mass is 32.2. The van der Waals surface area contributed by atoms with E-state index in [2.05, 4.69) is 12.2 Å². The maximum atomic E-state index is 10.8. The average molecular weight is 239 g/mol. The monoisotopic (exact) mass is 239 g/mol. The lowest BCUT2D eigenvalue weighted by atomic mass is 10.2. The van der Waals surface area contributed by atoms with Crippen LogP contribution in [0.5, 0.6) is 0 Å². The fraction of sp³-hybridized carbons (Fsp3) is 1.00. The molecule has 5 heteroatoms. The Morgan fingerprint density at radius 1 is 1.43 bits per heavy atom. The molecule has 0 spiro atoms. The molecule has 1 atom stereocenters. The van der Waals surface area contributed by atoms with Crippen molar-refractivity contribution < 1.29 is 8.42 Å². The third kappa shape index (κ3) is 8.84. The van der Waals surface area contributed by atoms with Crippen LogP contribution in [0.25, 0.3) is 0 Å². The third-order valence-electron chi connectivity index (χ3n) is 1.96. The van der Waals surface area contributed by atoms with E-state index in [-0.39, 0.29) is 0 Å². The van der Waals surface area contributed by atoms with Crippen LogP contribution in [0, 0.1) is 0 Å². The fourth-order valence-corrected chi connectivity index (χ4v) is 3.56. The number of rotatable bonds is 8. The van der Waals surface area contributed by atoms with Crippen molar-refractivity contribution >= 4 is 21.6 Å². The minimum Gasteiger partial charge on any atom is -0.316 e. The molecule has 0 aromatic carbocycles. The van der Waals surface area contributed by atoms with Gasteiger partial charge in [-0.1, -0.05) is 13.3 Å². The molecule has 1 N–H and O–H groups in total. The van der Waals surface area contributed by atoms with Crippen molar-refractivity contribution in [3.63, 3.8) is 0 Å². The first-order valence-corrected chi connectivity index (χ1v) is 8.14. The SMILES string of the molecule is CCCC(CSCCS(C)(=O)=O)NC. The van der Waals surface area contributed by atoms with E-state index in [0.717, 1.165) is 18.6 Å². The maximum absolute atomic E-state index is 10.8. The zero-order valence-corrected chi connectivity index (χ0v) is 10.9. The van der Waals surface area contributed by atoms with Gasteiger partial charge in [-0.25, -0.2) is 8.42 Å². The Morgan fingerprint density at radius 3 is 2.50 bits per heavy atom. The Hall–Kier alpha value is 0.260. The molecule has 0 radical (unpaired) electrons. The third-order valence-corrected chi connectivity index (χ3v) is 4.30. The van der Waals surface area contributed by atoms with Crippen molar-refractivity contribution in [3.05, 3.63) is 0 Å². The van der Waals surface area contributed by atoms with Gasteiger partial charge in [-0.2, -0.15) is 11.8 Å². The van der Waals surface area contributed by atoms with Crippen LogP contribution in [0.2, 0.25) is 0 Å². The molecule has 0 bridgehead atoms. The summed E-state index contributed by atoms with van der Waals surface area (Å²) >= 11 is 1.71. The van der Waals surface area contributed by atoms with Crippen LogP contribution >= 0.6 is 11.8 Å². The van der Waals surface area contributed by atoms with Crippen LogP contribution in [0.15, 0.2) is 0 Å². The summed E-state index contributed by atoms with van der Waals surface area (Å²) in [4.78, 5) is 0. The van der Waals surface area contributed by atoms with Gasteiger partial charge in [-0.15, -0.1) is 0 Å². The second-order valence-electron chi connectivity index (χ2n) is 3.48. The second-order valence-corrected chi connectivity index (χ2v) is 6.89. The van der Waals surface area contributed by atoms with Crippen molar-refractivity contribution in [1.29, 1.82) is 0 Å². The summed E-state index contributed by atoms with van der Waals surface area (Å²) in [5.41, 5.74) is 0. The van der Waals surface area contributed by atoms with E-state index < -0.39 is 9.84 Å². The molecule has 0 rings (SSSR count). The molecule has 0 aromatic heterocycles. The lowest BCUT2D eigenvalue weighted by Crippen LogP contribution is -2.27. The highest BCUT2D eigenvalue weighted by molar-refractivity contribution is 8.00. The molecule has 0 aliphatic heterocycles. The zero-order valence-electron chi connectivity index (χ0n) is 9.25. The first-order valence-electron chi connectivity index (χ1n) is 4.92. The van der Waals surface area contributed by atoms with Gasteiger partial charge in [0.05, 0.1) is 5.75 Å². The number of hydrogen-bond donors (Lipinski definition) is 1.